The molecule has 0 saturated heterocycles. The van der Waals surface area contributed by atoms with Crippen LogP contribution in [0, 0.1) is 13.8 Å². The van der Waals surface area contributed by atoms with Crippen molar-refractivity contribution in [3.63, 3.8) is 0 Å². The van der Waals surface area contributed by atoms with E-state index in [9.17, 15) is 8.42 Å². The molecule has 0 saturated carbocycles. The van der Waals surface area contributed by atoms with Crippen LogP contribution in [0.5, 0.6) is 0 Å². The summed E-state index contributed by atoms with van der Waals surface area (Å²) in [4.78, 5) is 0. The highest BCUT2D eigenvalue weighted by Crippen LogP contribution is 1.99. The molecular formula is C10H16O4S. The molecule has 0 aromatic heterocycles. The van der Waals surface area contributed by atoms with Gasteiger partial charge in [-0.1, -0.05) is 35.4 Å². The zero-order chi connectivity index (χ0) is 11.9. The van der Waals surface area contributed by atoms with Gasteiger partial charge >= 0.3 is 10.4 Å². The fourth-order valence-electron chi connectivity index (χ4n) is 0.705. The minimum atomic E-state index is -3.66. The minimum Gasteiger partial charge on any atom is -0.252 e. The van der Waals surface area contributed by atoms with Crippen molar-refractivity contribution < 1.29 is 16.8 Å². The lowest BCUT2D eigenvalue weighted by molar-refractivity contribution is 0.286. The van der Waals surface area contributed by atoms with Crippen LogP contribution in [-0.4, -0.2) is 22.6 Å². The van der Waals surface area contributed by atoms with Gasteiger partial charge in [-0.15, -0.1) is 0 Å². The van der Waals surface area contributed by atoms with Crippen molar-refractivity contribution in [2.24, 2.45) is 0 Å². The molecule has 0 unspecified atom stereocenters. The Morgan fingerprint density at radius 2 is 1.13 bits per heavy atom. The maximum absolute atomic E-state index is 9.92. The first-order valence-electron chi connectivity index (χ1n) is 4.30. The molecule has 0 spiro atoms. The van der Waals surface area contributed by atoms with E-state index < -0.39 is 10.4 Å². The zero-order valence-corrected chi connectivity index (χ0v) is 10.2. The van der Waals surface area contributed by atoms with E-state index in [1.165, 1.54) is 11.1 Å². The number of hydrogen-bond donors (Lipinski definition) is 0. The van der Waals surface area contributed by atoms with E-state index >= 15 is 0 Å². The average molecular weight is 232 g/mol. The summed E-state index contributed by atoms with van der Waals surface area (Å²) in [6.07, 6.45) is 0. The van der Waals surface area contributed by atoms with Crippen molar-refractivity contribution in [3.8, 4) is 0 Å². The summed E-state index contributed by atoms with van der Waals surface area (Å²) in [5, 5.41) is 0. The lowest BCUT2D eigenvalue weighted by Gasteiger charge is -1.91. The van der Waals surface area contributed by atoms with Crippen molar-refractivity contribution >= 4 is 10.4 Å². The van der Waals surface area contributed by atoms with Gasteiger partial charge < -0.3 is 0 Å². The first-order chi connectivity index (χ1) is 6.91. The monoisotopic (exact) mass is 232 g/mol. The molecule has 1 rings (SSSR count). The van der Waals surface area contributed by atoms with Crippen LogP contribution in [0.2, 0.25) is 0 Å². The molecule has 0 N–H and O–H groups in total. The summed E-state index contributed by atoms with van der Waals surface area (Å²) in [6.45, 7) is 4.19. The van der Waals surface area contributed by atoms with Crippen molar-refractivity contribution in [1.82, 2.24) is 0 Å². The van der Waals surface area contributed by atoms with Crippen LogP contribution >= 0.6 is 0 Å². The van der Waals surface area contributed by atoms with Crippen LogP contribution in [0.25, 0.3) is 0 Å². The summed E-state index contributed by atoms with van der Waals surface area (Å²) in [7, 11) is -1.60. The first-order valence-corrected chi connectivity index (χ1v) is 5.64. The molecule has 1 aromatic carbocycles. The van der Waals surface area contributed by atoms with Gasteiger partial charge in [-0.2, -0.15) is 8.42 Å². The van der Waals surface area contributed by atoms with Crippen LogP contribution in [0.1, 0.15) is 11.1 Å². The van der Waals surface area contributed by atoms with Crippen LogP contribution in [0.15, 0.2) is 24.3 Å². The second-order valence-corrected chi connectivity index (χ2v) is 4.38. The molecule has 0 radical (unpaired) electrons. The van der Waals surface area contributed by atoms with Gasteiger partial charge in [0.2, 0.25) is 0 Å². The van der Waals surface area contributed by atoms with Gasteiger partial charge in [-0.3, -0.25) is 8.37 Å². The lowest BCUT2D eigenvalue weighted by atomic mass is 10.2. The molecule has 0 fully saturated rings. The fraction of sp³-hybridized carbons (Fsp3) is 0.400. The van der Waals surface area contributed by atoms with Gasteiger partial charge in [0.25, 0.3) is 0 Å². The molecule has 4 nitrogen and oxygen atoms in total. The average Bonchev–Trinajstić information content (AvgIpc) is 2.23. The fourth-order valence-corrected chi connectivity index (χ4v) is 0.841. The van der Waals surface area contributed by atoms with Gasteiger partial charge in [0.1, 0.15) is 0 Å². The Hall–Kier alpha value is -0.910. The highest BCUT2D eigenvalue weighted by molar-refractivity contribution is 7.81. The van der Waals surface area contributed by atoms with E-state index in [1.54, 1.807) is 0 Å². The molecule has 0 atom stereocenters. The Labute approximate surface area is 91.2 Å². The van der Waals surface area contributed by atoms with Crippen LogP contribution in [-0.2, 0) is 18.8 Å². The van der Waals surface area contributed by atoms with E-state index in [4.69, 9.17) is 0 Å². The highest BCUT2D eigenvalue weighted by Gasteiger charge is 2.01. The molecule has 0 aliphatic carbocycles. The number of hydrogen-bond acceptors (Lipinski definition) is 4. The maximum Gasteiger partial charge on any atom is 0.399 e. The van der Waals surface area contributed by atoms with Gasteiger partial charge in [0.15, 0.2) is 0 Å². The van der Waals surface area contributed by atoms with Gasteiger partial charge in [0.05, 0.1) is 14.2 Å². The van der Waals surface area contributed by atoms with Crippen LogP contribution < -0.4 is 0 Å². The molecule has 0 aliphatic rings. The zero-order valence-electron chi connectivity index (χ0n) is 9.35. The van der Waals surface area contributed by atoms with Crippen molar-refractivity contribution in [2.75, 3.05) is 14.2 Å². The second kappa shape index (κ2) is 6.55. The number of aryl methyl sites for hydroxylation is 2. The van der Waals surface area contributed by atoms with Crippen molar-refractivity contribution in [2.45, 2.75) is 13.8 Å². The molecule has 1 aromatic rings. The van der Waals surface area contributed by atoms with E-state index in [-0.39, 0.29) is 0 Å². The summed E-state index contributed by atoms with van der Waals surface area (Å²) in [5.74, 6) is 0. The topological polar surface area (TPSA) is 52.6 Å². The normalized spacial score (nSPS) is 10.4. The van der Waals surface area contributed by atoms with Gasteiger partial charge in [-0.25, -0.2) is 0 Å². The Bertz CT molecular complexity index is 336. The third-order valence-corrected chi connectivity index (χ3v) is 2.44. The predicted octanol–water partition coefficient (Wildman–Crippen LogP) is 1.83. The second-order valence-electron chi connectivity index (χ2n) is 2.90. The Balaban J connectivity index is 0.000000265. The van der Waals surface area contributed by atoms with E-state index in [2.05, 4.69) is 46.5 Å². The lowest BCUT2D eigenvalue weighted by Crippen LogP contribution is -2.02. The predicted molar refractivity (Wildman–Crippen MR) is 58.9 cm³/mol. The molecule has 0 heterocycles. The summed E-state index contributed by atoms with van der Waals surface area (Å²) < 4.78 is 27.5. The largest absolute Gasteiger partial charge is 0.399 e. The quantitative estimate of drug-likeness (QED) is 0.780. The number of rotatable bonds is 2. The summed E-state index contributed by atoms with van der Waals surface area (Å²) >= 11 is 0. The molecule has 5 heteroatoms. The maximum atomic E-state index is 9.92. The van der Waals surface area contributed by atoms with Gasteiger partial charge in [0, 0.05) is 0 Å². The van der Waals surface area contributed by atoms with Crippen molar-refractivity contribution in [3.05, 3.63) is 35.4 Å². The Morgan fingerprint density at radius 3 is 1.27 bits per heavy atom. The summed E-state index contributed by atoms with van der Waals surface area (Å²) in [6, 6.07) is 8.48. The molecule has 86 valence electrons. The number of benzene rings is 1. The standard InChI is InChI=1S/C8H10.C2H6O4S/c1-7-3-5-8(2)6-4-7;1-5-7(3,4)6-2/h3-6H,1-2H3;1-2H3. The minimum absolute atomic E-state index is 1.03. The smallest absolute Gasteiger partial charge is 0.252 e. The van der Waals surface area contributed by atoms with E-state index in [0.717, 1.165) is 14.2 Å². The Morgan fingerprint density at radius 1 is 0.867 bits per heavy atom. The van der Waals surface area contributed by atoms with E-state index in [0.29, 0.717) is 0 Å². The van der Waals surface area contributed by atoms with Crippen LogP contribution in [0.4, 0.5) is 0 Å². The third-order valence-electron chi connectivity index (χ3n) is 1.63. The molecule has 0 amide bonds. The van der Waals surface area contributed by atoms with Crippen molar-refractivity contribution in [1.29, 1.82) is 0 Å². The SMILES string of the molecule is COS(=O)(=O)OC.Cc1ccc(C)cc1. The van der Waals surface area contributed by atoms with Gasteiger partial charge in [-0.05, 0) is 13.8 Å². The summed E-state index contributed by atoms with van der Waals surface area (Å²) in [5.41, 5.74) is 2.66. The van der Waals surface area contributed by atoms with Crippen LogP contribution in [0.3, 0.4) is 0 Å². The highest BCUT2D eigenvalue weighted by atomic mass is 32.3. The first kappa shape index (κ1) is 14.1. The third kappa shape index (κ3) is 7.07. The molecule has 15 heavy (non-hydrogen) atoms. The van der Waals surface area contributed by atoms with E-state index in [1.807, 2.05) is 0 Å². The molecule has 0 aliphatic heterocycles. The Kier molecular flexibility index (Phi) is 6.15. The molecular weight excluding hydrogens is 216 g/mol. The molecule has 0 bridgehead atoms.